The minimum absolute atomic E-state index is 0.123. The van der Waals surface area contributed by atoms with Gasteiger partial charge in [-0.3, -0.25) is 14.2 Å². The molecule has 0 aromatic carbocycles. The van der Waals surface area contributed by atoms with Gasteiger partial charge < -0.3 is 10.4 Å². The number of nitrogens with zero attached hydrogens (tertiary/aromatic N) is 5. The Morgan fingerprint density at radius 1 is 1.33 bits per heavy atom. The van der Waals surface area contributed by atoms with E-state index >= 15 is 0 Å². The van der Waals surface area contributed by atoms with Gasteiger partial charge in [-0.2, -0.15) is 0 Å². The molecule has 1 saturated carbocycles. The molecule has 1 aliphatic rings. The molecule has 0 bridgehead atoms. The molecule has 3 heterocycles. The summed E-state index contributed by atoms with van der Waals surface area (Å²) in [5.41, 5.74) is 2.59. The van der Waals surface area contributed by atoms with Gasteiger partial charge in [0.2, 0.25) is 5.82 Å². The highest BCUT2D eigenvalue weighted by atomic mass is 16.3. The number of aromatic nitrogens is 5. The first-order valence-electron chi connectivity index (χ1n) is 9.09. The van der Waals surface area contributed by atoms with Gasteiger partial charge in [0.15, 0.2) is 0 Å². The summed E-state index contributed by atoms with van der Waals surface area (Å²) < 4.78 is 1.66. The number of aliphatic hydroxyl groups excluding tert-OH is 1. The molecule has 8 nitrogen and oxygen atoms in total. The molecule has 0 unspecified atom stereocenters. The number of rotatable bonds is 5. The molecule has 27 heavy (non-hydrogen) atoms. The van der Waals surface area contributed by atoms with E-state index in [4.69, 9.17) is 0 Å². The Balaban J connectivity index is 1.58. The van der Waals surface area contributed by atoms with E-state index in [0.717, 1.165) is 17.1 Å². The van der Waals surface area contributed by atoms with Crippen LogP contribution in [-0.4, -0.2) is 47.7 Å². The second-order valence-corrected chi connectivity index (χ2v) is 7.19. The first-order chi connectivity index (χ1) is 13.0. The van der Waals surface area contributed by atoms with Gasteiger partial charge in [-0.25, -0.2) is 4.98 Å². The summed E-state index contributed by atoms with van der Waals surface area (Å²) in [7, 11) is 0. The first kappa shape index (κ1) is 17.5. The molecule has 0 aliphatic heterocycles. The van der Waals surface area contributed by atoms with Crippen LogP contribution in [0.3, 0.4) is 0 Å². The number of hydrogen-bond donors (Lipinski definition) is 2. The third-order valence-corrected chi connectivity index (χ3v) is 5.09. The van der Waals surface area contributed by atoms with Crippen LogP contribution in [0.1, 0.15) is 40.5 Å². The predicted molar refractivity (Wildman–Crippen MR) is 98.2 cm³/mol. The number of hydrogen-bond acceptors (Lipinski definition) is 6. The lowest BCUT2D eigenvalue weighted by atomic mass is 9.76. The molecular weight excluding hydrogens is 344 g/mol. The molecule has 3 aromatic rings. The van der Waals surface area contributed by atoms with Crippen molar-refractivity contribution in [2.45, 2.75) is 45.3 Å². The fourth-order valence-corrected chi connectivity index (χ4v) is 3.65. The monoisotopic (exact) mass is 366 g/mol. The Morgan fingerprint density at radius 2 is 2.15 bits per heavy atom. The zero-order valence-electron chi connectivity index (χ0n) is 15.3. The Kier molecular flexibility index (Phi) is 4.57. The number of carbonyl (C=O) groups excluding carboxylic acids is 1. The standard InChI is InChI=1S/C19H22N6O2/c1-11-7-12(2)25-17(23-24-19(25)21-11)18(27)22-16(13-8-15(26)9-13)10-14-5-3-4-6-20-14/h3-7,13,15-16,26H,8-10H2,1-2H3,(H,22,27)/t13?,15?,16-/m1/s1. The molecule has 1 amide bonds. The highest BCUT2D eigenvalue weighted by molar-refractivity contribution is 5.91. The van der Waals surface area contributed by atoms with Crippen molar-refractivity contribution in [3.8, 4) is 0 Å². The zero-order chi connectivity index (χ0) is 19.0. The molecule has 140 valence electrons. The van der Waals surface area contributed by atoms with Crippen LogP contribution in [0.25, 0.3) is 5.78 Å². The number of amides is 1. The van der Waals surface area contributed by atoms with Crippen LogP contribution in [0.5, 0.6) is 0 Å². The van der Waals surface area contributed by atoms with Gasteiger partial charge in [-0.05, 0) is 50.8 Å². The molecule has 4 rings (SSSR count). The zero-order valence-corrected chi connectivity index (χ0v) is 15.3. The topological polar surface area (TPSA) is 105 Å². The van der Waals surface area contributed by atoms with Crippen molar-refractivity contribution in [3.63, 3.8) is 0 Å². The SMILES string of the molecule is Cc1cc(C)n2c(C(=O)N[C@H](Cc3ccccn3)C3CC(O)C3)nnc2n1. The molecule has 0 spiro atoms. The Bertz CT molecular complexity index is 965. The van der Waals surface area contributed by atoms with Crippen molar-refractivity contribution in [1.29, 1.82) is 0 Å². The highest BCUT2D eigenvalue weighted by Crippen LogP contribution is 2.31. The van der Waals surface area contributed by atoms with Crippen molar-refractivity contribution >= 4 is 11.7 Å². The van der Waals surface area contributed by atoms with E-state index in [1.165, 1.54) is 0 Å². The van der Waals surface area contributed by atoms with Gasteiger partial charge >= 0.3 is 0 Å². The van der Waals surface area contributed by atoms with Gasteiger partial charge in [-0.15, -0.1) is 10.2 Å². The number of aliphatic hydroxyl groups is 1. The summed E-state index contributed by atoms with van der Waals surface area (Å²) in [6.45, 7) is 3.78. The van der Waals surface area contributed by atoms with Gasteiger partial charge in [0.25, 0.3) is 11.7 Å². The second kappa shape index (κ2) is 7.03. The predicted octanol–water partition coefficient (Wildman–Crippen LogP) is 1.25. The van der Waals surface area contributed by atoms with Crippen LogP contribution in [0.15, 0.2) is 30.5 Å². The number of fused-ring (bicyclic) bond motifs is 1. The lowest BCUT2D eigenvalue weighted by Gasteiger charge is -2.37. The van der Waals surface area contributed by atoms with E-state index in [1.807, 2.05) is 38.1 Å². The van der Waals surface area contributed by atoms with Crippen molar-refractivity contribution in [3.05, 3.63) is 53.4 Å². The van der Waals surface area contributed by atoms with E-state index < -0.39 is 0 Å². The summed E-state index contributed by atoms with van der Waals surface area (Å²) in [6, 6.07) is 7.50. The average molecular weight is 366 g/mol. The second-order valence-electron chi connectivity index (χ2n) is 7.19. The first-order valence-corrected chi connectivity index (χ1v) is 9.09. The summed E-state index contributed by atoms with van der Waals surface area (Å²) in [5.74, 6) is 0.559. The van der Waals surface area contributed by atoms with Crippen LogP contribution >= 0.6 is 0 Å². The van der Waals surface area contributed by atoms with Crippen molar-refractivity contribution in [2.24, 2.45) is 5.92 Å². The third kappa shape index (κ3) is 3.52. The fraction of sp³-hybridized carbons (Fsp3) is 0.421. The summed E-state index contributed by atoms with van der Waals surface area (Å²) in [6.07, 6.45) is 3.42. The maximum Gasteiger partial charge on any atom is 0.289 e. The van der Waals surface area contributed by atoms with E-state index in [2.05, 4.69) is 25.5 Å². The van der Waals surface area contributed by atoms with Gasteiger partial charge in [0.05, 0.1) is 6.10 Å². The van der Waals surface area contributed by atoms with Crippen LogP contribution in [0, 0.1) is 19.8 Å². The summed E-state index contributed by atoms with van der Waals surface area (Å²) in [4.78, 5) is 21.6. The number of aryl methyl sites for hydroxylation is 2. The lowest BCUT2D eigenvalue weighted by molar-refractivity contribution is 0.0236. The summed E-state index contributed by atoms with van der Waals surface area (Å²) >= 11 is 0. The lowest BCUT2D eigenvalue weighted by Crippen LogP contribution is -2.48. The molecular formula is C19H22N6O2. The van der Waals surface area contributed by atoms with Crippen LogP contribution < -0.4 is 5.32 Å². The van der Waals surface area contributed by atoms with E-state index in [1.54, 1.807) is 10.6 Å². The normalized spacial score (nSPS) is 20.3. The summed E-state index contributed by atoms with van der Waals surface area (Å²) in [5, 5.41) is 20.9. The van der Waals surface area contributed by atoms with Gasteiger partial charge in [0, 0.05) is 35.7 Å². The Morgan fingerprint density at radius 3 is 2.85 bits per heavy atom. The smallest absolute Gasteiger partial charge is 0.289 e. The third-order valence-electron chi connectivity index (χ3n) is 5.09. The highest BCUT2D eigenvalue weighted by Gasteiger charge is 2.35. The molecule has 1 atom stereocenters. The van der Waals surface area contributed by atoms with Crippen LogP contribution in [0.2, 0.25) is 0 Å². The number of carbonyl (C=O) groups is 1. The quantitative estimate of drug-likeness (QED) is 0.704. The Labute approximate surface area is 156 Å². The van der Waals surface area contributed by atoms with Crippen molar-refractivity contribution < 1.29 is 9.90 Å². The molecule has 2 N–H and O–H groups in total. The van der Waals surface area contributed by atoms with Crippen LogP contribution in [0.4, 0.5) is 0 Å². The molecule has 3 aromatic heterocycles. The van der Waals surface area contributed by atoms with E-state index in [-0.39, 0.29) is 29.8 Å². The van der Waals surface area contributed by atoms with E-state index in [9.17, 15) is 9.90 Å². The minimum atomic E-state index is -0.293. The molecule has 8 heteroatoms. The molecule has 1 fully saturated rings. The van der Waals surface area contributed by atoms with Crippen LogP contribution in [-0.2, 0) is 6.42 Å². The molecule has 0 radical (unpaired) electrons. The molecule has 0 saturated heterocycles. The van der Waals surface area contributed by atoms with Crippen molar-refractivity contribution in [2.75, 3.05) is 0 Å². The maximum atomic E-state index is 12.9. The number of nitrogens with one attached hydrogen (secondary N) is 1. The Hall–Kier alpha value is -2.87. The average Bonchev–Trinajstić information content (AvgIpc) is 3.03. The van der Waals surface area contributed by atoms with E-state index in [0.29, 0.717) is 25.0 Å². The number of pyridine rings is 1. The maximum absolute atomic E-state index is 12.9. The molecule has 1 aliphatic carbocycles. The van der Waals surface area contributed by atoms with Gasteiger partial charge in [-0.1, -0.05) is 6.07 Å². The van der Waals surface area contributed by atoms with Gasteiger partial charge in [0.1, 0.15) is 0 Å². The fourth-order valence-electron chi connectivity index (χ4n) is 3.65. The minimum Gasteiger partial charge on any atom is -0.393 e. The van der Waals surface area contributed by atoms with Crippen molar-refractivity contribution in [1.82, 2.24) is 29.9 Å². The largest absolute Gasteiger partial charge is 0.393 e.